The fourth-order valence-electron chi connectivity index (χ4n) is 6.20. The zero-order chi connectivity index (χ0) is 17.1. The van der Waals surface area contributed by atoms with Crippen LogP contribution in [0.1, 0.15) is 63.0 Å². The third kappa shape index (κ3) is 2.10. The van der Waals surface area contributed by atoms with Gasteiger partial charge in [0.1, 0.15) is 5.75 Å². The standard InChI is InChI=1S/C21H30O3/c1-4-21(23)12-18-17-7-5-13-11-14(24-3)6-8-15(13)16(17)9-10-20(18,2)19(21)22/h6,8,11,16-19,22-23H,4-5,7,9-10,12H2,1-3H3/t16-,17-,18+,19?,20+,21?/m1/s1. The molecule has 24 heavy (non-hydrogen) atoms. The molecule has 0 aliphatic heterocycles. The molecule has 2 unspecified atom stereocenters. The first-order chi connectivity index (χ1) is 11.4. The Morgan fingerprint density at radius 1 is 1.29 bits per heavy atom. The second-order valence-corrected chi connectivity index (χ2v) is 8.59. The number of benzene rings is 1. The third-order valence-corrected chi connectivity index (χ3v) is 7.69. The zero-order valence-corrected chi connectivity index (χ0v) is 15.1. The molecule has 1 aromatic carbocycles. The maximum Gasteiger partial charge on any atom is 0.119 e. The van der Waals surface area contributed by atoms with E-state index in [0.717, 1.165) is 37.9 Å². The first-order valence-corrected chi connectivity index (χ1v) is 9.50. The topological polar surface area (TPSA) is 49.7 Å². The van der Waals surface area contributed by atoms with Gasteiger partial charge in [-0.1, -0.05) is 19.9 Å². The Morgan fingerprint density at radius 3 is 2.79 bits per heavy atom. The highest BCUT2D eigenvalue weighted by Gasteiger charge is 2.62. The highest BCUT2D eigenvalue weighted by atomic mass is 16.5. The molecule has 0 radical (unpaired) electrons. The van der Waals surface area contributed by atoms with E-state index in [-0.39, 0.29) is 5.41 Å². The monoisotopic (exact) mass is 330 g/mol. The quantitative estimate of drug-likeness (QED) is 0.870. The Bertz CT molecular complexity index is 642. The van der Waals surface area contributed by atoms with Crippen LogP contribution in [0.15, 0.2) is 18.2 Å². The van der Waals surface area contributed by atoms with Gasteiger partial charge in [0.2, 0.25) is 0 Å². The first-order valence-electron chi connectivity index (χ1n) is 9.50. The summed E-state index contributed by atoms with van der Waals surface area (Å²) in [5.74, 6) is 2.53. The molecule has 2 saturated carbocycles. The van der Waals surface area contributed by atoms with Crippen molar-refractivity contribution in [2.75, 3.05) is 7.11 Å². The molecule has 3 aliphatic rings. The van der Waals surface area contributed by atoms with Crippen LogP contribution in [0.4, 0.5) is 0 Å². The SMILES string of the molecule is CCC1(O)C[C@H]2[C@@H]3CCc4cc(OC)ccc4[C@H]3CC[C@]2(C)C1O. The van der Waals surface area contributed by atoms with Gasteiger partial charge in [-0.25, -0.2) is 0 Å². The van der Waals surface area contributed by atoms with E-state index in [2.05, 4.69) is 25.1 Å². The van der Waals surface area contributed by atoms with Crippen LogP contribution in [0.25, 0.3) is 0 Å². The predicted molar refractivity (Wildman–Crippen MR) is 94.2 cm³/mol. The van der Waals surface area contributed by atoms with Crippen molar-refractivity contribution in [1.29, 1.82) is 0 Å². The summed E-state index contributed by atoms with van der Waals surface area (Å²) >= 11 is 0. The molecule has 2 fully saturated rings. The molecule has 3 heteroatoms. The van der Waals surface area contributed by atoms with Gasteiger partial charge in [-0.15, -0.1) is 0 Å². The highest BCUT2D eigenvalue weighted by molar-refractivity contribution is 5.41. The summed E-state index contributed by atoms with van der Waals surface area (Å²) in [6.07, 6.45) is 5.19. The van der Waals surface area contributed by atoms with Gasteiger partial charge in [-0.2, -0.15) is 0 Å². The number of hydrogen-bond donors (Lipinski definition) is 2. The van der Waals surface area contributed by atoms with Crippen molar-refractivity contribution in [3.05, 3.63) is 29.3 Å². The van der Waals surface area contributed by atoms with Gasteiger partial charge in [0.25, 0.3) is 0 Å². The van der Waals surface area contributed by atoms with Crippen LogP contribution in [-0.4, -0.2) is 29.0 Å². The molecule has 0 amide bonds. The Morgan fingerprint density at radius 2 is 2.08 bits per heavy atom. The summed E-state index contributed by atoms with van der Waals surface area (Å²) in [6.45, 7) is 4.22. The lowest BCUT2D eigenvalue weighted by Crippen LogP contribution is -2.47. The van der Waals surface area contributed by atoms with Crippen molar-refractivity contribution in [2.45, 2.75) is 70.0 Å². The number of rotatable bonds is 2. The van der Waals surface area contributed by atoms with Gasteiger partial charge in [0.15, 0.2) is 0 Å². The van der Waals surface area contributed by atoms with Crippen molar-refractivity contribution in [2.24, 2.45) is 17.3 Å². The minimum absolute atomic E-state index is 0.129. The molecule has 6 atom stereocenters. The van der Waals surface area contributed by atoms with E-state index >= 15 is 0 Å². The maximum absolute atomic E-state index is 11.0. The number of ether oxygens (including phenoxy) is 1. The number of aryl methyl sites for hydroxylation is 1. The van der Waals surface area contributed by atoms with Crippen LogP contribution >= 0.6 is 0 Å². The maximum atomic E-state index is 11.0. The zero-order valence-electron chi connectivity index (χ0n) is 15.1. The van der Waals surface area contributed by atoms with Gasteiger partial charge in [-0.05, 0) is 85.0 Å². The van der Waals surface area contributed by atoms with E-state index in [4.69, 9.17) is 4.74 Å². The summed E-state index contributed by atoms with van der Waals surface area (Å²) in [6, 6.07) is 6.54. The fraction of sp³-hybridized carbons (Fsp3) is 0.714. The largest absolute Gasteiger partial charge is 0.497 e. The second-order valence-electron chi connectivity index (χ2n) is 8.59. The number of aliphatic hydroxyl groups is 2. The molecule has 0 spiro atoms. The van der Waals surface area contributed by atoms with Gasteiger partial charge >= 0.3 is 0 Å². The van der Waals surface area contributed by atoms with Crippen molar-refractivity contribution in [3.63, 3.8) is 0 Å². The van der Waals surface area contributed by atoms with Gasteiger partial charge < -0.3 is 14.9 Å². The summed E-state index contributed by atoms with van der Waals surface area (Å²) in [5, 5.41) is 21.8. The minimum atomic E-state index is -0.894. The Labute approximate surface area is 145 Å². The van der Waals surface area contributed by atoms with Gasteiger partial charge in [-0.3, -0.25) is 0 Å². The van der Waals surface area contributed by atoms with E-state index in [1.54, 1.807) is 7.11 Å². The lowest BCUT2D eigenvalue weighted by atomic mass is 9.55. The Balaban J connectivity index is 1.69. The van der Waals surface area contributed by atoms with Crippen LogP contribution in [0, 0.1) is 17.3 Å². The molecule has 3 aliphatic carbocycles. The Kier molecular flexibility index (Phi) is 3.74. The van der Waals surface area contributed by atoms with Crippen LogP contribution in [-0.2, 0) is 6.42 Å². The minimum Gasteiger partial charge on any atom is -0.497 e. The van der Waals surface area contributed by atoms with Crippen molar-refractivity contribution in [1.82, 2.24) is 0 Å². The van der Waals surface area contributed by atoms with E-state index in [1.165, 1.54) is 11.1 Å². The molecule has 4 rings (SSSR count). The molecule has 0 aromatic heterocycles. The number of aliphatic hydroxyl groups excluding tert-OH is 1. The average Bonchev–Trinajstić information content (AvgIpc) is 2.82. The molecule has 3 nitrogen and oxygen atoms in total. The van der Waals surface area contributed by atoms with E-state index in [0.29, 0.717) is 24.2 Å². The molecule has 0 heterocycles. The highest BCUT2D eigenvalue weighted by Crippen LogP contribution is 2.63. The molecule has 0 saturated heterocycles. The lowest BCUT2D eigenvalue weighted by Gasteiger charge is -2.50. The summed E-state index contributed by atoms with van der Waals surface area (Å²) < 4.78 is 5.39. The van der Waals surface area contributed by atoms with Crippen LogP contribution < -0.4 is 4.74 Å². The lowest BCUT2D eigenvalue weighted by molar-refractivity contribution is -0.101. The average molecular weight is 330 g/mol. The van der Waals surface area contributed by atoms with Gasteiger partial charge in [0, 0.05) is 0 Å². The molecule has 1 aromatic rings. The molecule has 132 valence electrons. The third-order valence-electron chi connectivity index (χ3n) is 7.69. The first kappa shape index (κ1) is 16.4. The number of methoxy groups -OCH3 is 1. The van der Waals surface area contributed by atoms with Gasteiger partial charge in [0.05, 0.1) is 18.8 Å². The summed E-state index contributed by atoms with van der Waals surface area (Å²) in [7, 11) is 1.73. The molecule has 0 bridgehead atoms. The fourth-order valence-corrected chi connectivity index (χ4v) is 6.20. The van der Waals surface area contributed by atoms with Crippen LogP contribution in [0.3, 0.4) is 0 Å². The Hall–Kier alpha value is -1.06. The predicted octanol–water partition coefficient (Wildman–Crippen LogP) is 3.66. The van der Waals surface area contributed by atoms with E-state index in [9.17, 15) is 10.2 Å². The molecular weight excluding hydrogens is 300 g/mol. The number of hydrogen-bond acceptors (Lipinski definition) is 3. The molecule has 2 N–H and O–H groups in total. The summed E-state index contributed by atoms with van der Waals surface area (Å²) in [5.41, 5.74) is 1.89. The molecular formula is C21H30O3. The smallest absolute Gasteiger partial charge is 0.119 e. The van der Waals surface area contributed by atoms with E-state index in [1.807, 2.05) is 6.92 Å². The van der Waals surface area contributed by atoms with Crippen molar-refractivity contribution < 1.29 is 14.9 Å². The van der Waals surface area contributed by atoms with Crippen LogP contribution in [0.5, 0.6) is 5.75 Å². The van der Waals surface area contributed by atoms with E-state index < -0.39 is 11.7 Å². The normalized spacial score (nSPS) is 43.7. The van der Waals surface area contributed by atoms with Crippen molar-refractivity contribution >= 4 is 0 Å². The van der Waals surface area contributed by atoms with Crippen LogP contribution in [0.2, 0.25) is 0 Å². The summed E-state index contributed by atoms with van der Waals surface area (Å²) in [4.78, 5) is 0. The van der Waals surface area contributed by atoms with Crippen molar-refractivity contribution in [3.8, 4) is 5.75 Å². The second kappa shape index (κ2) is 5.47. The number of fused-ring (bicyclic) bond motifs is 5.